The minimum absolute atomic E-state index is 0.103. The number of rotatable bonds is 1. The van der Waals surface area contributed by atoms with Crippen molar-refractivity contribution >= 4 is 15.0 Å². The van der Waals surface area contributed by atoms with E-state index in [2.05, 4.69) is 20.8 Å². The van der Waals surface area contributed by atoms with Crippen molar-refractivity contribution in [3.05, 3.63) is 24.3 Å². The highest BCUT2D eigenvalue weighted by Crippen LogP contribution is 2.27. The van der Waals surface area contributed by atoms with Gasteiger partial charge in [-0.15, -0.1) is 9.24 Å². The van der Waals surface area contributed by atoms with Crippen molar-refractivity contribution < 1.29 is 0 Å². The second-order valence-corrected chi connectivity index (χ2v) is 3.78. The van der Waals surface area contributed by atoms with E-state index < -0.39 is 0 Å². The lowest BCUT2D eigenvalue weighted by atomic mass is 10.1. The summed E-state index contributed by atoms with van der Waals surface area (Å²) in [6, 6.07) is 0.103. The van der Waals surface area contributed by atoms with Crippen LogP contribution in [0.4, 0.5) is 0 Å². The van der Waals surface area contributed by atoms with E-state index in [0.717, 1.165) is 17.7 Å². The van der Waals surface area contributed by atoms with Crippen LogP contribution in [-0.4, -0.2) is 24.5 Å². The van der Waals surface area contributed by atoms with E-state index >= 15 is 0 Å². The average Bonchev–Trinajstić information content (AvgIpc) is 2.62. The maximum absolute atomic E-state index is 5.96. The molecule has 2 N–H and O–H groups in total. The summed E-state index contributed by atoms with van der Waals surface area (Å²) < 4.78 is 0. The van der Waals surface area contributed by atoms with Crippen LogP contribution in [0.1, 0.15) is 34.1 Å². The van der Waals surface area contributed by atoms with Crippen LogP contribution in [-0.2, 0) is 0 Å². The lowest BCUT2D eigenvalue weighted by Crippen LogP contribution is -2.26. The Kier molecular flexibility index (Phi) is 12.4. The molecule has 2 nitrogen and oxygen atoms in total. The van der Waals surface area contributed by atoms with Crippen LogP contribution in [0.25, 0.3) is 0 Å². The van der Waals surface area contributed by atoms with Gasteiger partial charge in [0.15, 0.2) is 0 Å². The second-order valence-electron chi connectivity index (χ2n) is 2.92. The Hall–Kier alpha value is -0.460. The van der Waals surface area contributed by atoms with E-state index in [9.17, 15) is 0 Å². The van der Waals surface area contributed by atoms with Gasteiger partial charge in [-0.25, -0.2) is 0 Å². The number of hydrogen-bond acceptors (Lipinski definition) is 2. The van der Waals surface area contributed by atoms with Gasteiger partial charge in [-0.3, -0.25) is 4.99 Å². The quantitative estimate of drug-likeness (QED) is 0.705. The van der Waals surface area contributed by atoms with Crippen molar-refractivity contribution in [2.75, 3.05) is 7.05 Å². The summed E-state index contributed by atoms with van der Waals surface area (Å²) in [5, 5.41) is 0. The van der Waals surface area contributed by atoms with E-state index in [1.165, 1.54) is 0 Å². The normalized spacial score (nSPS) is 27.9. The highest BCUT2D eigenvalue weighted by molar-refractivity contribution is 7.18. The smallest absolute Gasteiger partial charge is 0.0399 e. The third kappa shape index (κ3) is 5.05. The van der Waals surface area contributed by atoms with Gasteiger partial charge >= 0.3 is 0 Å². The zero-order valence-electron chi connectivity index (χ0n) is 11.3. The first-order chi connectivity index (χ1) is 7.70. The third-order valence-electron chi connectivity index (χ3n) is 2.15. The molecule has 94 valence electrons. The minimum Gasteiger partial charge on any atom is -0.323 e. The van der Waals surface area contributed by atoms with Gasteiger partial charge in [0.1, 0.15) is 0 Å². The summed E-state index contributed by atoms with van der Waals surface area (Å²) in [6.45, 7) is 11.7. The van der Waals surface area contributed by atoms with Gasteiger partial charge in [0.05, 0.1) is 0 Å². The molecule has 0 aromatic heterocycles. The Morgan fingerprint density at radius 3 is 2.25 bits per heavy atom. The Labute approximate surface area is 103 Å². The molecule has 0 aromatic rings. The largest absolute Gasteiger partial charge is 0.323 e. The molecule has 3 atom stereocenters. The van der Waals surface area contributed by atoms with Gasteiger partial charge in [-0.2, -0.15) is 0 Å². The molecule has 3 heteroatoms. The van der Waals surface area contributed by atoms with Crippen LogP contribution in [0.5, 0.6) is 0 Å². The van der Waals surface area contributed by atoms with Crippen molar-refractivity contribution in [2.45, 2.75) is 45.8 Å². The zero-order valence-corrected chi connectivity index (χ0v) is 12.5. The fourth-order valence-corrected chi connectivity index (χ4v) is 1.88. The maximum Gasteiger partial charge on any atom is 0.0399 e. The predicted molar refractivity (Wildman–Crippen MR) is 80.4 cm³/mol. The molecule has 0 spiro atoms. The molecule has 3 unspecified atom stereocenters. The molecule has 1 fully saturated rings. The van der Waals surface area contributed by atoms with Crippen molar-refractivity contribution in [2.24, 2.45) is 10.7 Å². The molecule has 0 saturated heterocycles. The molecule has 16 heavy (non-hydrogen) atoms. The van der Waals surface area contributed by atoms with E-state index in [1.807, 2.05) is 40.8 Å². The molecule has 0 heterocycles. The van der Waals surface area contributed by atoms with Crippen molar-refractivity contribution in [1.29, 1.82) is 0 Å². The lowest BCUT2D eigenvalue weighted by molar-refractivity contribution is 0.799. The van der Waals surface area contributed by atoms with Gasteiger partial charge in [0.25, 0.3) is 0 Å². The first kappa shape index (κ1) is 17.9. The van der Waals surface area contributed by atoms with Gasteiger partial charge < -0.3 is 5.73 Å². The molecule has 1 aliphatic rings. The van der Waals surface area contributed by atoms with Gasteiger partial charge in [0.2, 0.25) is 0 Å². The topological polar surface area (TPSA) is 38.4 Å². The number of aliphatic imine (C=N–C) groups is 1. The standard InChI is InChI=1S/C9H15N2P.2C2H6/c1-3-4-6-7(11-2)5-8(12)9(6)10;2*1-2/h3-4,8-9H,1,5,10,12H2,2H3;2*1-2H3/b6-4+,11-7?;;. The number of allylic oxidation sites excluding steroid dienone is 2. The molecule has 1 saturated carbocycles. The predicted octanol–water partition coefficient (Wildman–Crippen LogP) is 3.20. The molecule has 1 aliphatic carbocycles. The van der Waals surface area contributed by atoms with E-state index in [1.54, 1.807) is 6.08 Å². The molecule has 0 bridgehead atoms. The summed E-state index contributed by atoms with van der Waals surface area (Å²) in [5.74, 6) is 0. The first-order valence-electron chi connectivity index (χ1n) is 6.00. The number of hydrogen-bond donors (Lipinski definition) is 1. The number of nitrogens with zero attached hydrogens (tertiary/aromatic N) is 1. The Morgan fingerprint density at radius 1 is 1.38 bits per heavy atom. The van der Waals surface area contributed by atoms with Crippen LogP contribution >= 0.6 is 9.24 Å². The molecule has 0 aliphatic heterocycles. The second kappa shape index (κ2) is 11.0. The van der Waals surface area contributed by atoms with Crippen molar-refractivity contribution in [1.82, 2.24) is 0 Å². The van der Waals surface area contributed by atoms with Crippen LogP contribution in [0.3, 0.4) is 0 Å². The molecular formula is C13H27N2P. The SMILES string of the molecule is C=C/C=C1\C(=NC)CC(P)C1N.CC.CC. The highest BCUT2D eigenvalue weighted by atomic mass is 31.0. The fourth-order valence-electron chi connectivity index (χ4n) is 1.45. The molecule has 0 radical (unpaired) electrons. The van der Waals surface area contributed by atoms with Crippen LogP contribution < -0.4 is 5.73 Å². The van der Waals surface area contributed by atoms with Crippen molar-refractivity contribution in [3.8, 4) is 0 Å². The summed E-state index contributed by atoms with van der Waals surface area (Å²) in [5.41, 5.74) is 8.63. The van der Waals surface area contributed by atoms with E-state index in [4.69, 9.17) is 5.73 Å². The summed E-state index contributed by atoms with van der Waals surface area (Å²) >= 11 is 0. The van der Waals surface area contributed by atoms with E-state index in [0.29, 0.717) is 5.66 Å². The van der Waals surface area contributed by atoms with Crippen LogP contribution in [0.15, 0.2) is 29.3 Å². The summed E-state index contributed by atoms with van der Waals surface area (Å²) in [6.07, 6.45) is 4.68. The van der Waals surface area contributed by atoms with Crippen LogP contribution in [0.2, 0.25) is 0 Å². The van der Waals surface area contributed by atoms with Gasteiger partial charge in [0, 0.05) is 18.8 Å². The maximum atomic E-state index is 5.96. The average molecular weight is 242 g/mol. The highest BCUT2D eigenvalue weighted by Gasteiger charge is 2.29. The molecule has 0 aromatic carbocycles. The van der Waals surface area contributed by atoms with Gasteiger partial charge in [-0.05, 0) is 17.7 Å². The first-order valence-corrected chi connectivity index (χ1v) is 6.67. The molecular weight excluding hydrogens is 215 g/mol. The summed E-state index contributed by atoms with van der Waals surface area (Å²) in [7, 11) is 4.57. The Balaban J connectivity index is 0. The summed E-state index contributed by atoms with van der Waals surface area (Å²) in [4.78, 5) is 4.20. The third-order valence-corrected chi connectivity index (χ3v) is 2.80. The van der Waals surface area contributed by atoms with Crippen molar-refractivity contribution in [3.63, 3.8) is 0 Å². The molecule has 1 rings (SSSR count). The lowest BCUT2D eigenvalue weighted by Gasteiger charge is -2.08. The molecule has 0 amide bonds. The zero-order chi connectivity index (χ0) is 13.1. The Morgan fingerprint density at radius 2 is 1.88 bits per heavy atom. The number of nitrogens with two attached hydrogens (primary N) is 1. The van der Waals surface area contributed by atoms with E-state index in [-0.39, 0.29) is 6.04 Å². The fraction of sp³-hybridized carbons (Fsp3) is 0.615. The van der Waals surface area contributed by atoms with Crippen LogP contribution in [0, 0.1) is 0 Å². The van der Waals surface area contributed by atoms with Gasteiger partial charge in [-0.1, -0.05) is 46.4 Å². The monoisotopic (exact) mass is 242 g/mol. The Bertz CT molecular complexity index is 244. The minimum atomic E-state index is 0.103.